The summed E-state index contributed by atoms with van der Waals surface area (Å²) in [6.45, 7) is 2.54. The average Bonchev–Trinajstić information content (AvgIpc) is 2.65. The normalized spacial score (nSPS) is 14.9. The van der Waals surface area contributed by atoms with Crippen LogP contribution in [0.5, 0.6) is 0 Å². The molecule has 3 aromatic rings. The fourth-order valence-electron chi connectivity index (χ4n) is 3.24. The van der Waals surface area contributed by atoms with Crippen molar-refractivity contribution in [2.45, 2.75) is 0 Å². The Bertz CT molecular complexity index is 975. The highest BCUT2D eigenvalue weighted by atomic mass is 35.5. The molecule has 26 heavy (non-hydrogen) atoms. The van der Waals surface area contributed by atoms with Crippen LogP contribution in [-0.4, -0.2) is 36.1 Å². The topological polar surface area (TPSA) is 32.3 Å². The molecule has 0 amide bonds. The van der Waals surface area contributed by atoms with Gasteiger partial charge in [0.25, 0.3) is 0 Å². The summed E-state index contributed by atoms with van der Waals surface area (Å²) >= 11 is 12.1. The molecule has 1 aromatic carbocycles. The maximum atomic E-state index is 14.3. The Morgan fingerprint density at radius 1 is 0.885 bits per heavy atom. The lowest BCUT2D eigenvalue weighted by Gasteiger charge is -2.37. The van der Waals surface area contributed by atoms with Gasteiger partial charge in [0.15, 0.2) is 0 Å². The van der Waals surface area contributed by atoms with E-state index in [0.29, 0.717) is 47.7 Å². The number of anilines is 2. The third-order valence-corrected chi connectivity index (χ3v) is 4.96. The van der Waals surface area contributed by atoms with Crippen LogP contribution < -0.4 is 9.80 Å². The maximum Gasteiger partial charge on any atom is 0.149 e. The second-order valence-corrected chi connectivity index (χ2v) is 6.86. The van der Waals surface area contributed by atoms with Crippen LogP contribution in [0.25, 0.3) is 10.9 Å². The zero-order valence-corrected chi connectivity index (χ0v) is 15.1. The molecule has 0 radical (unpaired) electrons. The van der Waals surface area contributed by atoms with Crippen LogP contribution in [0.4, 0.5) is 20.3 Å². The van der Waals surface area contributed by atoms with E-state index in [4.69, 9.17) is 23.2 Å². The van der Waals surface area contributed by atoms with E-state index >= 15 is 0 Å². The van der Waals surface area contributed by atoms with Gasteiger partial charge in [-0.05, 0) is 24.3 Å². The fourth-order valence-corrected chi connectivity index (χ4v) is 3.74. The number of fused-ring (bicyclic) bond motifs is 1. The molecule has 1 saturated heterocycles. The number of hydrogen-bond donors (Lipinski definition) is 0. The summed E-state index contributed by atoms with van der Waals surface area (Å²) in [6.07, 6.45) is 3.06. The van der Waals surface area contributed by atoms with Crippen molar-refractivity contribution in [3.63, 3.8) is 0 Å². The monoisotopic (exact) mass is 394 g/mol. The van der Waals surface area contributed by atoms with Crippen molar-refractivity contribution in [3.05, 3.63) is 58.3 Å². The van der Waals surface area contributed by atoms with Crippen molar-refractivity contribution in [3.8, 4) is 0 Å². The number of benzene rings is 1. The van der Waals surface area contributed by atoms with E-state index in [1.54, 1.807) is 18.3 Å². The van der Waals surface area contributed by atoms with Gasteiger partial charge < -0.3 is 9.80 Å². The van der Waals surface area contributed by atoms with Crippen molar-refractivity contribution in [1.82, 2.24) is 9.97 Å². The van der Waals surface area contributed by atoms with E-state index in [-0.39, 0.29) is 10.9 Å². The molecule has 134 valence electrons. The number of nitrogens with zero attached hydrogens (tertiary/aromatic N) is 4. The smallest absolute Gasteiger partial charge is 0.149 e. The molecule has 8 heteroatoms. The lowest BCUT2D eigenvalue weighted by Crippen LogP contribution is -2.47. The summed E-state index contributed by atoms with van der Waals surface area (Å²) in [5.74, 6) is -0.332. The Kier molecular flexibility index (Phi) is 4.54. The van der Waals surface area contributed by atoms with Crippen LogP contribution in [0.15, 0.2) is 36.7 Å². The fraction of sp³-hybridized carbons (Fsp3) is 0.222. The van der Waals surface area contributed by atoms with Gasteiger partial charge in [0.1, 0.15) is 23.0 Å². The van der Waals surface area contributed by atoms with Crippen molar-refractivity contribution < 1.29 is 8.78 Å². The highest BCUT2D eigenvalue weighted by Gasteiger charge is 2.23. The Balaban J connectivity index is 1.61. The van der Waals surface area contributed by atoms with Crippen LogP contribution in [0, 0.1) is 11.6 Å². The van der Waals surface area contributed by atoms with E-state index < -0.39 is 11.6 Å². The molecule has 4 rings (SSSR count). The molecule has 1 aliphatic heterocycles. The number of halogens is 4. The van der Waals surface area contributed by atoms with Crippen molar-refractivity contribution in [1.29, 1.82) is 0 Å². The van der Waals surface area contributed by atoms with Gasteiger partial charge in [-0.3, -0.25) is 4.98 Å². The number of aromatic nitrogens is 2. The number of piperazine rings is 1. The molecule has 0 saturated carbocycles. The van der Waals surface area contributed by atoms with Crippen molar-refractivity contribution >= 4 is 45.6 Å². The molecule has 0 bridgehead atoms. The van der Waals surface area contributed by atoms with Gasteiger partial charge in [0.05, 0.1) is 21.1 Å². The summed E-state index contributed by atoms with van der Waals surface area (Å²) in [4.78, 5) is 12.4. The molecule has 4 nitrogen and oxygen atoms in total. The Morgan fingerprint density at radius 3 is 2.31 bits per heavy atom. The lowest BCUT2D eigenvalue weighted by molar-refractivity contribution is 0.612. The second-order valence-electron chi connectivity index (χ2n) is 6.02. The maximum absolute atomic E-state index is 14.3. The summed E-state index contributed by atoms with van der Waals surface area (Å²) in [5, 5.41) is 1.19. The molecule has 2 aromatic heterocycles. The van der Waals surface area contributed by atoms with E-state index in [9.17, 15) is 8.78 Å². The van der Waals surface area contributed by atoms with E-state index in [2.05, 4.69) is 14.9 Å². The molecule has 0 atom stereocenters. The van der Waals surface area contributed by atoms with Gasteiger partial charge in [-0.25, -0.2) is 13.8 Å². The predicted molar refractivity (Wildman–Crippen MR) is 100 cm³/mol. The van der Waals surface area contributed by atoms with Gasteiger partial charge in [0, 0.05) is 38.6 Å². The molecule has 0 spiro atoms. The summed E-state index contributed by atoms with van der Waals surface area (Å²) in [5.41, 5.74) is 0.689. The van der Waals surface area contributed by atoms with Gasteiger partial charge in [-0.1, -0.05) is 23.2 Å². The Labute approximate surface area is 159 Å². The predicted octanol–water partition coefficient (Wildman–Crippen LogP) is 4.54. The van der Waals surface area contributed by atoms with Crippen molar-refractivity contribution in [2.75, 3.05) is 36.0 Å². The Hall–Kier alpha value is -2.18. The SMILES string of the molecule is Fc1ccc(F)c2c(N3CCN(c4ncc(Cl)cc4Cl)CC3)ccnc12. The molecule has 3 heterocycles. The first-order valence-corrected chi connectivity index (χ1v) is 8.84. The molecule has 1 fully saturated rings. The summed E-state index contributed by atoms with van der Waals surface area (Å²) < 4.78 is 28.3. The minimum absolute atomic E-state index is 0.0485. The first-order chi connectivity index (χ1) is 12.5. The first-order valence-electron chi connectivity index (χ1n) is 8.08. The molecule has 0 N–H and O–H groups in total. The van der Waals surface area contributed by atoms with Crippen LogP contribution in [0.1, 0.15) is 0 Å². The zero-order chi connectivity index (χ0) is 18.3. The largest absolute Gasteiger partial charge is 0.367 e. The van der Waals surface area contributed by atoms with Gasteiger partial charge in [0.2, 0.25) is 0 Å². The summed E-state index contributed by atoms with van der Waals surface area (Å²) in [6, 6.07) is 5.61. The first kappa shape index (κ1) is 17.2. The zero-order valence-electron chi connectivity index (χ0n) is 13.6. The van der Waals surface area contributed by atoms with E-state index in [1.807, 2.05) is 4.90 Å². The highest BCUT2D eigenvalue weighted by Crippen LogP contribution is 2.32. The van der Waals surface area contributed by atoms with Gasteiger partial charge >= 0.3 is 0 Å². The standard InChI is InChI=1S/C18H14Cl2F2N4/c19-11-9-12(20)18(24-10-11)26-7-5-25(6-8-26)15-3-4-23-17-14(22)2-1-13(21)16(15)17/h1-4,9-10H,5-8H2. The van der Waals surface area contributed by atoms with Crippen LogP contribution in [0.3, 0.4) is 0 Å². The molecular formula is C18H14Cl2F2N4. The third-order valence-electron chi connectivity index (χ3n) is 4.48. The molecule has 0 aliphatic carbocycles. The summed E-state index contributed by atoms with van der Waals surface area (Å²) in [7, 11) is 0. The van der Waals surface area contributed by atoms with Crippen LogP contribution >= 0.6 is 23.2 Å². The second kappa shape index (κ2) is 6.85. The lowest BCUT2D eigenvalue weighted by atomic mass is 10.1. The van der Waals surface area contributed by atoms with Crippen LogP contribution in [-0.2, 0) is 0 Å². The number of pyridine rings is 2. The molecule has 1 aliphatic rings. The highest BCUT2D eigenvalue weighted by molar-refractivity contribution is 6.36. The molecular weight excluding hydrogens is 381 g/mol. The van der Waals surface area contributed by atoms with E-state index in [1.165, 1.54) is 6.20 Å². The van der Waals surface area contributed by atoms with Gasteiger partial charge in [-0.15, -0.1) is 0 Å². The van der Waals surface area contributed by atoms with E-state index in [0.717, 1.165) is 12.1 Å². The quantitative estimate of drug-likeness (QED) is 0.638. The minimum atomic E-state index is -0.529. The Morgan fingerprint density at radius 2 is 1.58 bits per heavy atom. The van der Waals surface area contributed by atoms with Crippen molar-refractivity contribution in [2.24, 2.45) is 0 Å². The molecule has 0 unspecified atom stereocenters. The third kappa shape index (κ3) is 3.04. The number of rotatable bonds is 2. The minimum Gasteiger partial charge on any atom is -0.367 e. The average molecular weight is 395 g/mol. The number of hydrogen-bond acceptors (Lipinski definition) is 4. The van der Waals surface area contributed by atoms with Crippen LogP contribution in [0.2, 0.25) is 10.0 Å². The van der Waals surface area contributed by atoms with Gasteiger partial charge in [-0.2, -0.15) is 0 Å².